The van der Waals surface area contributed by atoms with Crippen molar-refractivity contribution in [3.63, 3.8) is 0 Å². The number of carbonyl (C=O) groups is 1. The highest BCUT2D eigenvalue weighted by Gasteiger charge is 2.13. The average molecular weight is 169 g/mol. The Balaban J connectivity index is 0. The van der Waals surface area contributed by atoms with Crippen LogP contribution in [0.25, 0.3) is 0 Å². The molecule has 0 amide bonds. The monoisotopic (exact) mass is 169 g/mol. The SMILES string of the molecule is C=CC.CCCC(C#N)C(=O)O. The van der Waals surface area contributed by atoms with Gasteiger partial charge < -0.3 is 5.11 Å². The summed E-state index contributed by atoms with van der Waals surface area (Å²) in [6, 6.07) is 1.70. The highest BCUT2D eigenvalue weighted by Crippen LogP contribution is 2.03. The maximum Gasteiger partial charge on any atom is 0.320 e. The van der Waals surface area contributed by atoms with Gasteiger partial charge in [0, 0.05) is 0 Å². The molecular formula is C9H15NO2. The topological polar surface area (TPSA) is 61.1 Å². The van der Waals surface area contributed by atoms with Gasteiger partial charge in [-0.3, -0.25) is 4.79 Å². The lowest BCUT2D eigenvalue weighted by molar-refractivity contribution is -0.139. The first kappa shape index (κ1) is 13.3. The minimum absolute atomic E-state index is 0.450. The number of hydrogen-bond acceptors (Lipinski definition) is 2. The van der Waals surface area contributed by atoms with E-state index >= 15 is 0 Å². The van der Waals surface area contributed by atoms with Crippen LogP contribution in [-0.2, 0) is 4.79 Å². The van der Waals surface area contributed by atoms with E-state index in [0.717, 1.165) is 6.42 Å². The third kappa shape index (κ3) is 8.70. The third-order valence-electron chi connectivity index (χ3n) is 1.03. The molecular weight excluding hydrogens is 154 g/mol. The number of nitriles is 1. The lowest BCUT2D eigenvalue weighted by Gasteiger charge is -1.97. The molecule has 1 unspecified atom stereocenters. The molecule has 3 nitrogen and oxygen atoms in total. The van der Waals surface area contributed by atoms with E-state index in [2.05, 4.69) is 6.58 Å². The number of allylic oxidation sites excluding steroid dienone is 1. The fourth-order valence-corrected chi connectivity index (χ4v) is 0.532. The maximum absolute atomic E-state index is 10.1. The van der Waals surface area contributed by atoms with Gasteiger partial charge in [-0.25, -0.2) is 0 Å². The van der Waals surface area contributed by atoms with Crippen molar-refractivity contribution in [1.29, 1.82) is 5.26 Å². The zero-order valence-corrected chi connectivity index (χ0v) is 7.58. The smallest absolute Gasteiger partial charge is 0.320 e. The number of carboxylic acids is 1. The van der Waals surface area contributed by atoms with E-state index in [0.29, 0.717) is 6.42 Å². The van der Waals surface area contributed by atoms with E-state index in [1.54, 1.807) is 12.1 Å². The van der Waals surface area contributed by atoms with Gasteiger partial charge in [-0.1, -0.05) is 19.4 Å². The summed E-state index contributed by atoms with van der Waals surface area (Å²) < 4.78 is 0. The van der Waals surface area contributed by atoms with Crippen molar-refractivity contribution in [2.24, 2.45) is 5.92 Å². The van der Waals surface area contributed by atoms with Crippen molar-refractivity contribution < 1.29 is 9.90 Å². The Kier molecular flexibility index (Phi) is 10.8. The normalized spacial score (nSPS) is 10.1. The van der Waals surface area contributed by atoms with Crippen LogP contribution in [0.2, 0.25) is 0 Å². The molecule has 3 heteroatoms. The van der Waals surface area contributed by atoms with Crippen LogP contribution < -0.4 is 0 Å². The van der Waals surface area contributed by atoms with Gasteiger partial charge in [0.25, 0.3) is 0 Å². The Morgan fingerprint density at radius 3 is 2.33 bits per heavy atom. The fraction of sp³-hybridized carbons (Fsp3) is 0.556. The van der Waals surface area contributed by atoms with Crippen molar-refractivity contribution in [1.82, 2.24) is 0 Å². The van der Waals surface area contributed by atoms with Gasteiger partial charge in [0.05, 0.1) is 6.07 Å². The highest BCUT2D eigenvalue weighted by atomic mass is 16.4. The molecule has 0 aromatic heterocycles. The lowest BCUT2D eigenvalue weighted by Crippen LogP contribution is -2.10. The summed E-state index contributed by atoms with van der Waals surface area (Å²) in [6.07, 6.45) is 2.94. The van der Waals surface area contributed by atoms with Crippen LogP contribution >= 0.6 is 0 Å². The Labute approximate surface area is 73.3 Å². The average Bonchev–Trinajstić information content (AvgIpc) is 2.01. The first-order valence-corrected chi connectivity index (χ1v) is 3.83. The fourth-order valence-electron chi connectivity index (χ4n) is 0.532. The van der Waals surface area contributed by atoms with Crippen LogP contribution in [0.1, 0.15) is 26.7 Å². The first-order chi connectivity index (χ1) is 5.63. The van der Waals surface area contributed by atoms with Gasteiger partial charge in [-0.2, -0.15) is 5.26 Å². The van der Waals surface area contributed by atoms with Crippen molar-refractivity contribution in [2.75, 3.05) is 0 Å². The third-order valence-corrected chi connectivity index (χ3v) is 1.03. The van der Waals surface area contributed by atoms with Crippen molar-refractivity contribution in [3.05, 3.63) is 12.7 Å². The zero-order valence-electron chi connectivity index (χ0n) is 7.58. The number of hydrogen-bond donors (Lipinski definition) is 1. The molecule has 0 aromatic rings. The second-order valence-electron chi connectivity index (χ2n) is 2.22. The van der Waals surface area contributed by atoms with Gasteiger partial charge in [0.1, 0.15) is 5.92 Å². The van der Waals surface area contributed by atoms with Crippen molar-refractivity contribution >= 4 is 5.97 Å². The molecule has 0 fully saturated rings. The molecule has 12 heavy (non-hydrogen) atoms. The van der Waals surface area contributed by atoms with Crippen LogP contribution in [-0.4, -0.2) is 11.1 Å². The summed E-state index contributed by atoms with van der Waals surface area (Å²) in [6.45, 7) is 7.10. The molecule has 1 N–H and O–H groups in total. The van der Waals surface area contributed by atoms with Gasteiger partial charge in [0.15, 0.2) is 0 Å². The molecule has 0 radical (unpaired) electrons. The highest BCUT2D eigenvalue weighted by molar-refractivity contribution is 5.72. The van der Waals surface area contributed by atoms with Gasteiger partial charge >= 0.3 is 5.97 Å². The second kappa shape index (κ2) is 9.70. The quantitative estimate of drug-likeness (QED) is 0.659. The molecule has 0 aliphatic carbocycles. The van der Waals surface area contributed by atoms with E-state index in [9.17, 15) is 4.79 Å². The predicted octanol–water partition coefficient (Wildman–Crippen LogP) is 2.20. The van der Waals surface area contributed by atoms with E-state index in [4.69, 9.17) is 10.4 Å². The van der Waals surface area contributed by atoms with Gasteiger partial charge in [0.2, 0.25) is 0 Å². The van der Waals surface area contributed by atoms with Crippen molar-refractivity contribution in [2.45, 2.75) is 26.7 Å². The molecule has 0 spiro atoms. The minimum Gasteiger partial charge on any atom is -0.480 e. The summed E-state index contributed by atoms with van der Waals surface area (Å²) >= 11 is 0. The van der Waals surface area contributed by atoms with Crippen LogP contribution in [0.4, 0.5) is 0 Å². The Morgan fingerprint density at radius 1 is 1.83 bits per heavy atom. The molecule has 0 aliphatic heterocycles. The summed E-state index contributed by atoms with van der Waals surface area (Å²) in [5.74, 6) is -1.82. The van der Waals surface area contributed by atoms with E-state index in [1.807, 2.05) is 13.8 Å². The maximum atomic E-state index is 10.1. The minimum atomic E-state index is -1.01. The standard InChI is InChI=1S/C6H9NO2.C3H6/c1-2-3-5(4-7)6(8)9;1-3-2/h5H,2-3H2,1H3,(H,8,9);3H,1H2,2H3. The molecule has 0 saturated heterocycles. The molecule has 0 bridgehead atoms. The molecule has 1 atom stereocenters. The van der Waals surface area contributed by atoms with Crippen LogP contribution in [0.5, 0.6) is 0 Å². The summed E-state index contributed by atoms with van der Waals surface area (Å²) in [4.78, 5) is 10.1. The number of rotatable bonds is 3. The Morgan fingerprint density at radius 2 is 2.25 bits per heavy atom. The molecule has 0 aromatic carbocycles. The van der Waals surface area contributed by atoms with Gasteiger partial charge in [-0.15, -0.1) is 6.58 Å². The molecule has 0 heterocycles. The van der Waals surface area contributed by atoms with E-state index in [1.165, 1.54) is 0 Å². The largest absolute Gasteiger partial charge is 0.480 e. The van der Waals surface area contributed by atoms with Crippen LogP contribution in [0, 0.1) is 17.2 Å². The number of carboxylic acid groups (broad SMARTS) is 1. The molecule has 0 rings (SSSR count). The number of aliphatic carboxylic acids is 1. The molecule has 68 valence electrons. The Bertz CT molecular complexity index is 170. The van der Waals surface area contributed by atoms with Gasteiger partial charge in [-0.05, 0) is 13.3 Å². The summed E-state index contributed by atoms with van der Waals surface area (Å²) in [5.41, 5.74) is 0. The first-order valence-electron chi connectivity index (χ1n) is 3.83. The number of nitrogens with zero attached hydrogens (tertiary/aromatic N) is 1. The predicted molar refractivity (Wildman–Crippen MR) is 47.5 cm³/mol. The lowest BCUT2D eigenvalue weighted by atomic mass is 10.1. The van der Waals surface area contributed by atoms with Crippen LogP contribution in [0.15, 0.2) is 12.7 Å². The van der Waals surface area contributed by atoms with E-state index < -0.39 is 11.9 Å². The van der Waals surface area contributed by atoms with E-state index in [-0.39, 0.29) is 0 Å². The summed E-state index contributed by atoms with van der Waals surface area (Å²) in [7, 11) is 0. The second-order valence-corrected chi connectivity index (χ2v) is 2.22. The summed E-state index contributed by atoms with van der Waals surface area (Å²) in [5, 5.41) is 16.5. The Hall–Kier alpha value is -1.30. The zero-order chi connectivity index (χ0) is 9.98. The van der Waals surface area contributed by atoms with Crippen molar-refractivity contribution in [3.8, 4) is 6.07 Å². The molecule has 0 saturated carbocycles. The molecule has 0 aliphatic rings. The van der Waals surface area contributed by atoms with Crippen LogP contribution in [0.3, 0.4) is 0 Å².